The summed E-state index contributed by atoms with van der Waals surface area (Å²) in [6.45, 7) is 0.296. The summed E-state index contributed by atoms with van der Waals surface area (Å²) in [5.41, 5.74) is -1.21. The minimum atomic E-state index is -1.58. The van der Waals surface area contributed by atoms with E-state index < -0.39 is 55.7 Å². The van der Waals surface area contributed by atoms with Gasteiger partial charge in [0.15, 0.2) is 34.5 Å². The van der Waals surface area contributed by atoms with Crippen LogP contribution in [0.4, 0.5) is 0 Å². The monoisotopic (exact) mass is 892 g/mol. The first-order valence-corrected chi connectivity index (χ1v) is 22.1. The Morgan fingerprint density at radius 1 is 0.422 bits per heavy atom. The van der Waals surface area contributed by atoms with Gasteiger partial charge in [-0.25, -0.2) is 14.4 Å². The second-order valence-electron chi connectivity index (χ2n) is 15.4. The largest absolute Gasteiger partial charge is 0.493 e. The van der Waals surface area contributed by atoms with E-state index in [2.05, 4.69) is 19.1 Å². The van der Waals surface area contributed by atoms with Gasteiger partial charge in [-0.05, 0) is 86.7 Å². The van der Waals surface area contributed by atoms with E-state index >= 15 is 0 Å². The van der Waals surface area contributed by atoms with E-state index in [1.165, 1.54) is 118 Å². The van der Waals surface area contributed by atoms with E-state index in [9.17, 15) is 19.2 Å². The average Bonchev–Trinajstić information content (AvgIpc) is 3.33. The normalized spacial score (nSPS) is 11.1. The lowest BCUT2D eigenvalue weighted by molar-refractivity contribution is -0.151. The zero-order valence-corrected chi connectivity index (χ0v) is 38.8. The molecule has 0 radical (unpaired) electrons. The van der Waals surface area contributed by atoms with Gasteiger partial charge in [-0.1, -0.05) is 70.4 Å². The summed E-state index contributed by atoms with van der Waals surface area (Å²) in [5, 5.41) is 0. The maximum atomic E-state index is 13.5. The maximum Gasteiger partial charge on any atom is 0.338 e. The van der Waals surface area contributed by atoms with Gasteiger partial charge in [0, 0.05) is 6.42 Å². The summed E-state index contributed by atoms with van der Waals surface area (Å²) in [4.78, 5) is 53.9. The Morgan fingerprint density at radius 2 is 0.750 bits per heavy atom. The molecule has 0 aliphatic rings. The minimum absolute atomic E-state index is 0.123. The summed E-state index contributed by atoms with van der Waals surface area (Å²) in [7, 11) is 8.70. The first-order valence-electron chi connectivity index (χ1n) is 22.1. The molecule has 0 aliphatic carbocycles. The van der Waals surface area contributed by atoms with Gasteiger partial charge in [0.05, 0.1) is 59.3 Å². The lowest BCUT2D eigenvalue weighted by Gasteiger charge is -2.31. The number of carbonyl (C=O) groups is 4. The maximum absolute atomic E-state index is 13.5. The van der Waals surface area contributed by atoms with Crippen molar-refractivity contribution in [1.82, 2.24) is 0 Å². The highest BCUT2D eigenvalue weighted by Gasteiger charge is 2.39. The standard InChI is InChI=1S/C50H68O14/c1-8-9-10-11-12-13-14-15-16-17-18-19-20-21-22-23-46(51)61-33-50(34-62-47(52)37-24-27-40(55-2)43(30-37)58-5,35-63-48(53)38-25-28-41(56-3)44(31-38)59-6)36-64-49(54)39-26-29-42(57-4)45(32-39)60-7/h15-16,24-32H,8-14,17-23,33-36H2,1-7H3. The Hall–Kier alpha value is -5.92. The fourth-order valence-electron chi connectivity index (χ4n) is 6.69. The number of hydrogen-bond acceptors (Lipinski definition) is 14. The number of rotatable bonds is 32. The van der Waals surface area contributed by atoms with Crippen molar-refractivity contribution in [2.75, 3.05) is 69.1 Å². The lowest BCUT2D eigenvalue weighted by atomic mass is 9.92. The summed E-state index contributed by atoms with van der Waals surface area (Å²) >= 11 is 0. The average molecular weight is 893 g/mol. The predicted octanol–water partition coefficient (Wildman–Crippen LogP) is 10.2. The van der Waals surface area contributed by atoms with E-state index in [1.807, 2.05) is 0 Å². The molecule has 352 valence electrons. The second-order valence-corrected chi connectivity index (χ2v) is 15.4. The van der Waals surface area contributed by atoms with Gasteiger partial charge >= 0.3 is 23.9 Å². The van der Waals surface area contributed by atoms with Crippen LogP contribution >= 0.6 is 0 Å². The molecule has 0 spiro atoms. The van der Waals surface area contributed by atoms with Crippen molar-refractivity contribution < 1.29 is 66.5 Å². The molecule has 64 heavy (non-hydrogen) atoms. The summed E-state index contributed by atoms with van der Waals surface area (Å²) in [6.07, 6.45) is 19.2. The zero-order chi connectivity index (χ0) is 46.6. The highest BCUT2D eigenvalue weighted by molar-refractivity contribution is 5.91. The molecular formula is C50H68O14. The highest BCUT2D eigenvalue weighted by atomic mass is 16.6. The van der Waals surface area contributed by atoms with Gasteiger partial charge in [0.1, 0.15) is 31.8 Å². The number of unbranched alkanes of at least 4 members (excludes halogenated alkanes) is 11. The Labute approximate surface area is 378 Å². The Morgan fingerprint density at radius 3 is 1.11 bits per heavy atom. The van der Waals surface area contributed by atoms with Gasteiger partial charge in [-0.3, -0.25) is 4.79 Å². The van der Waals surface area contributed by atoms with E-state index in [0.717, 1.165) is 38.5 Å². The van der Waals surface area contributed by atoms with Crippen LogP contribution < -0.4 is 28.4 Å². The van der Waals surface area contributed by atoms with Crippen molar-refractivity contribution in [1.29, 1.82) is 0 Å². The van der Waals surface area contributed by atoms with Gasteiger partial charge in [0.25, 0.3) is 0 Å². The molecule has 0 unspecified atom stereocenters. The van der Waals surface area contributed by atoms with Gasteiger partial charge in [-0.2, -0.15) is 0 Å². The van der Waals surface area contributed by atoms with Crippen molar-refractivity contribution in [3.8, 4) is 34.5 Å². The third-order valence-electron chi connectivity index (χ3n) is 10.6. The number of allylic oxidation sites excluding steroid dienone is 2. The number of ether oxygens (including phenoxy) is 10. The van der Waals surface area contributed by atoms with Crippen LogP contribution in [-0.4, -0.2) is 93.0 Å². The molecule has 14 heteroatoms. The van der Waals surface area contributed by atoms with Crippen molar-refractivity contribution in [2.45, 2.75) is 96.8 Å². The summed E-state index contributed by atoms with van der Waals surface area (Å²) < 4.78 is 55.3. The minimum Gasteiger partial charge on any atom is -0.493 e. The Kier molecular flexibility index (Phi) is 24.1. The molecule has 3 aromatic carbocycles. The van der Waals surface area contributed by atoms with E-state index in [4.69, 9.17) is 47.4 Å². The third kappa shape index (κ3) is 17.7. The molecule has 0 bridgehead atoms. The Bertz CT molecular complexity index is 1750. The molecule has 0 saturated heterocycles. The summed E-state index contributed by atoms with van der Waals surface area (Å²) in [6, 6.07) is 13.5. The van der Waals surface area contributed by atoms with Crippen LogP contribution in [0, 0.1) is 5.41 Å². The van der Waals surface area contributed by atoms with Crippen molar-refractivity contribution in [3.63, 3.8) is 0 Å². The topological polar surface area (TPSA) is 161 Å². The predicted molar refractivity (Wildman–Crippen MR) is 242 cm³/mol. The summed E-state index contributed by atoms with van der Waals surface area (Å²) in [5.74, 6) is -0.763. The first-order chi connectivity index (χ1) is 31.1. The van der Waals surface area contributed by atoms with Crippen LogP contribution in [0.5, 0.6) is 34.5 Å². The molecule has 0 fully saturated rings. The van der Waals surface area contributed by atoms with Crippen LogP contribution in [0.2, 0.25) is 0 Å². The van der Waals surface area contributed by atoms with Gasteiger partial charge in [0.2, 0.25) is 0 Å². The van der Waals surface area contributed by atoms with Crippen LogP contribution in [0.3, 0.4) is 0 Å². The molecule has 0 atom stereocenters. The molecule has 0 heterocycles. The molecule has 3 aromatic rings. The number of esters is 4. The number of benzene rings is 3. The number of hydrogen-bond donors (Lipinski definition) is 0. The molecule has 0 amide bonds. The van der Waals surface area contributed by atoms with Crippen molar-refractivity contribution >= 4 is 23.9 Å². The third-order valence-corrected chi connectivity index (χ3v) is 10.6. The SMILES string of the molecule is CCCCCCCCC=CCCCCCCCC(=O)OCC(COC(=O)c1ccc(OC)c(OC)c1)(COC(=O)c1ccc(OC)c(OC)c1)COC(=O)c1ccc(OC)c(OC)c1. The fourth-order valence-corrected chi connectivity index (χ4v) is 6.69. The number of methoxy groups -OCH3 is 6. The molecule has 0 aromatic heterocycles. The van der Waals surface area contributed by atoms with E-state index in [1.54, 1.807) is 18.2 Å². The van der Waals surface area contributed by atoms with E-state index in [0.29, 0.717) is 40.9 Å². The number of carbonyl (C=O) groups excluding carboxylic acids is 4. The van der Waals surface area contributed by atoms with Crippen LogP contribution in [0.25, 0.3) is 0 Å². The molecule has 0 aliphatic heterocycles. The lowest BCUT2D eigenvalue weighted by Crippen LogP contribution is -2.44. The zero-order valence-electron chi connectivity index (χ0n) is 38.8. The molecule has 3 rings (SSSR count). The Balaban J connectivity index is 1.77. The van der Waals surface area contributed by atoms with Crippen LogP contribution in [0.15, 0.2) is 66.7 Å². The van der Waals surface area contributed by atoms with Crippen molar-refractivity contribution in [2.24, 2.45) is 5.41 Å². The van der Waals surface area contributed by atoms with Gasteiger partial charge < -0.3 is 47.4 Å². The smallest absolute Gasteiger partial charge is 0.338 e. The molecule has 14 nitrogen and oxygen atoms in total. The van der Waals surface area contributed by atoms with Crippen LogP contribution in [-0.2, 0) is 23.7 Å². The molecule has 0 saturated carbocycles. The van der Waals surface area contributed by atoms with E-state index in [-0.39, 0.29) is 23.1 Å². The molecular weight excluding hydrogens is 825 g/mol. The second kappa shape index (κ2) is 29.4. The van der Waals surface area contributed by atoms with Gasteiger partial charge in [-0.15, -0.1) is 0 Å². The fraction of sp³-hybridized carbons (Fsp3) is 0.520. The first kappa shape index (κ1) is 52.4. The highest BCUT2D eigenvalue weighted by Crippen LogP contribution is 2.32. The quantitative estimate of drug-likeness (QED) is 0.0252. The van der Waals surface area contributed by atoms with Crippen molar-refractivity contribution in [3.05, 3.63) is 83.4 Å². The van der Waals surface area contributed by atoms with Crippen LogP contribution in [0.1, 0.15) is 128 Å². The molecule has 0 N–H and O–H groups in total.